The third-order valence-electron chi connectivity index (χ3n) is 3.16. The Morgan fingerprint density at radius 1 is 1.41 bits per heavy atom. The van der Waals surface area contributed by atoms with Crippen molar-refractivity contribution in [2.45, 2.75) is 13.3 Å². The van der Waals surface area contributed by atoms with E-state index >= 15 is 0 Å². The van der Waals surface area contributed by atoms with Gasteiger partial charge in [-0.2, -0.15) is 0 Å². The monoisotopic (exact) mass is 366 g/mol. The van der Waals surface area contributed by atoms with Crippen LogP contribution in [0, 0.1) is 6.92 Å². The molecular weight excluding hydrogens is 352 g/mol. The average Bonchev–Trinajstić information content (AvgIpc) is 2.85. The van der Waals surface area contributed by atoms with Gasteiger partial charge in [0.25, 0.3) is 5.91 Å². The first kappa shape index (κ1) is 16.2. The quantitative estimate of drug-likeness (QED) is 0.872. The second-order valence-corrected chi connectivity index (χ2v) is 5.70. The summed E-state index contributed by atoms with van der Waals surface area (Å²) >= 11 is 3.38. The van der Waals surface area contributed by atoms with Gasteiger partial charge in [0.2, 0.25) is 0 Å². The molecule has 0 atom stereocenters. The van der Waals surface area contributed by atoms with Crippen LogP contribution in [-0.2, 0) is 4.79 Å². The van der Waals surface area contributed by atoms with Gasteiger partial charge in [0.1, 0.15) is 0 Å². The molecule has 0 saturated heterocycles. The van der Waals surface area contributed by atoms with E-state index in [1.54, 1.807) is 18.7 Å². The van der Waals surface area contributed by atoms with Crippen LogP contribution in [0.2, 0.25) is 0 Å². The van der Waals surface area contributed by atoms with Crippen molar-refractivity contribution in [3.63, 3.8) is 0 Å². The Morgan fingerprint density at radius 3 is 2.77 bits per heavy atom. The summed E-state index contributed by atoms with van der Waals surface area (Å²) in [6.45, 7) is 1.87. The minimum absolute atomic E-state index is 0.110. The van der Waals surface area contributed by atoms with E-state index in [-0.39, 0.29) is 24.6 Å². The zero-order valence-corrected chi connectivity index (χ0v) is 13.7. The van der Waals surface area contributed by atoms with Crippen molar-refractivity contribution in [2.75, 3.05) is 13.6 Å². The molecule has 0 bridgehead atoms. The Bertz CT molecular complexity index is 714. The number of carboxylic acids is 1. The zero-order chi connectivity index (χ0) is 16.3. The molecule has 0 aliphatic rings. The fourth-order valence-electron chi connectivity index (χ4n) is 1.93. The highest BCUT2D eigenvalue weighted by atomic mass is 79.9. The van der Waals surface area contributed by atoms with Crippen LogP contribution in [0.15, 0.2) is 28.7 Å². The van der Waals surface area contributed by atoms with Crippen LogP contribution in [0.5, 0.6) is 0 Å². The number of carbonyl (C=O) groups is 2. The minimum Gasteiger partial charge on any atom is -0.481 e. The fraction of sp³-hybridized carbons (Fsp3) is 0.286. The number of carboxylic acid groups (broad SMARTS) is 1. The van der Waals surface area contributed by atoms with Crippen LogP contribution in [0.1, 0.15) is 22.6 Å². The SMILES string of the molecule is Cc1c(C(=O)N(C)CCC(=O)O)nnn1-c1cccc(Br)c1. The Labute approximate surface area is 135 Å². The summed E-state index contributed by atoms with van der Waals surface area (Å²) in [6.07, 6.45) is -0.110. The number of benzene rings is 1. The molecule has 116 valence electrons. The van der Waals surface area contributed by atoms with Gasteiger partial charge in [0.15, 0.2) is 5.69 Å². The summed E-state index contributed by atoms with van der Waals surface area (Å²) in [5, 5.41) is 16.6. The highest BCUT2D eigenvalue weighted by molar-refractivity contribution is 9.10. The van der Waals surface area contributed by atoms with Gasteiger partial charge in [-0.25, -0.2) is 4.68 Å². The van der Waals surface area contributed by atoms with Crippen molar-refractivity contribution in [3.05, 3.63) is 40.1 Å². The van der Waals surface area contributed by atoms with Gasteiger partial charge in [-0.15, -0.1) is 5.10 Å². The highest BCUT2D eigenvalue weighted by Gasteiger charge is 2.21. The molecule has 1 N–H and O–H groups in total. The lowest BCUT2D eigenvalue weighted by Gasteiger charge is -2.14. The highest BCUT2D eigenvalue weighted by Crippen LogP contribution is 2.17. The van der Waals surface area contributed by atoms with Crippen LogP contribution < -0.4 is 0 Å². The number of hydrogen-bond donors (Lipinski definition) is 1. The number of aromatic nitrogens is 3. The number of nitrogens with zero attached hydrogens (tertiary/aromatic N) is 4. The van der Waals surface area contributed by atoms with Crippen molar-refractivity contribution < 1.29 is 14.7 Å². The standard InChI is InChI=1S/C14H15BrN4O3/c1-9-13(14(22)18(2)7-6-12(20)21)16-17-19(9)11-5-3-4-10(15)8-11/h3-5,8H,6-7H2,1-2H3,(H,20,21). The lowest BCUT2D eigenvalue weighted by molar-refractivity contribution is -0.137. The van der Waals surface area contributed by atoms with Gasteiger partial charge in [-0.3, -0.25) is 9.59 Å². The van der Waals surface area contributed by atoms with Crippen molar-refractivity contribution >= 4 is 27.8 Å². The number of aliphatic carboxylic acids is 1. The number of carbonyl (C=O) groups excluding carboxylic acids is 1. The summed E-state index contributed by atoms with van der Waals surface area (Å²) in [5.74, 6) is -1.30. The maximum atomic E-state index is 12.3. The van der Waals surface area contributed by atoms with Gasteiger partial charge >= 0.3 is 5.97 Å². The third-order valence-corrected chi connectivity index (χ3v) is 3.65. The molecule has 22 heavy (non-hydrogen) atoms. The molecule has 1 amide bonds. The van der Waals surface area contributed by atoms with Crippen molar-refractivity contribution in [3.8, 4) is 5.69 Å². The molecular formula is C14H15BrN4O3. The van der Waals surface area contributed by atoms with Gasteiger partial charge in [0.05, 0.1) is 17.8 Å². The Kier molecular flexibility index (Phi) is 4.92. The van der Waals surface area contributed by atoms with Gasteiger partial charge < -0.3 is 10.0 Å². The second kappa shape index (κ2) is 6.69. The second-order valence-electron chi connectivity index (χ2n) is 4.79. The molecule has 0 unspecified atom stereocenters. The average molecular weight is 367 g/mol. The summed E-state index contributed by atoms with van der Waals surface area (Å²) in [7, 11) is 1.54. The summed E-state index contributed by atoms with van der Waals surface area (Å²) in [4.78, 5) is 24.2. The molecule has 0 saturated carbocycles. The molecule has 0 radical (unpaired) electrons. The van der Waals surface area contributed by atoms with Crippen molar-refractivity contribution in [1.29, 1.82) is 0 Å². The van der Waals surface area contributed by atoms with E-state index in [0.717, 1.165) is 10.2 Å². The van der Waals surface area contributed by atoms with Crippen LogP contribution in [0.25, 0.3) is 5.69 Å². The lowest BCUT2D eigenvalue weighted by atomic mass is 10.2. The van der Waals surface area contributed by atoms with E-state index in [4.69, 9.17) is 5.11 Å². The number of halogens is 1. The first-order valence-electron chi connectivity index (χ1n) is 6.55. The summed E-state index contributed by atoms with van der Waals surface area (Å²) in [6, 6.07) is 7.47. The van der Waals surface area contributed by atoms with E-state index in [2.05, 4.69) is 26.2 Å². The molecule has 0 fully saturated rings. The summed E-state index contributed by atoms with van der Waals surface area (Å²) in [5.41, 5.74) is 1.60. The third kappa shape index (κ3) is 3.51. The van der Waals surface area contributed by atoms with Crippen LogP contribution in [0.3, 0.4) is 0 Å². The van der Waals surface area contributed by atoms with Gasteiger partial charge in [0, 0.05) is 18.1 Å². The van der Waals surface area contributed by atoms with Crippen molar-refractivity contribution in [2.24, 2.45) is 0 Å². The van der Waals surface area contributed by atoms with E-state index < -0.39 is 5.97 Å². The Morgan fingerprint density at radius 2 is 2.14 bits per heavy atom. The van der Waals surface area contributed by atoms with Crippen LogP contribution in [-0.4, -0.2) is 50.5 Å². The largest absolute Gasteiger partial charge is 0.481 e. The molecule has 8 heteroatoms. The first-order chi connectivity index (χ1) is 10.4. The maximum absolute atomic E-state index is 12.3. The number of rotatable bonds is 5. The topological polar surface area (TPSA) is 88.3 Å². The molecule has 7 nitrogen and oxygen atoms in total. The predicted octanol–water partition coefficient (Wildman–Crippen LogP) is 1.88. The van der Waals surface area contributed by atoms with Crippen LogP contribution in [0.4, 0.5) is 0 Å². The molecule has 1 aromatic carbocycles. The molecule has 1 heterocycles. The summed E-state index contributed by atoms with van der Waals surface area (Å²) < 4.78 is 2.47. The Balaban J connectivity index is 2.24. The maximum Gasteiger partial charge on any atom is 0.305 e. The first-order valence-corrected chi connectivity index (χ1v) is 7.35. The minimum atomic E-state index is -0.950. The molecule has 2 rings (SSSR count). The number of hydrogen-bond acceptors (Lipinski definition) is 4. The smallest absolute Gasteiger partial charge is 0.305 e. The number of amides is 1. The molecule has 0 aliphatic carbocycles. The van der Waals surface area contributed by atoms with Gasteiger partial charge in [-0.1, -0.05) is 27.2 Å². The van der Waals surface area contributed by atoms with Crippen molar-refractivity contribution in [1.82, 2.24) is 19.9 Å². The van der Waals surface area contributed by atoms with E-state index in [1.807, 2.05) is 24.3 Å². The van der Waals surface area contributed by atoms with E-state index in [1.165, 1.54) is 4.90 Å². The predicted molar refractivity (Wildman–Crippen MR) is 83.0 cm³/mol. The zero-order valence-electron chi connectivity index (χ0n) is 12.2. The normalized spacial score (nSPS) is 10.5. The van der Waals surface area contributed by atoms with E-state index in [9.17, 15) is 9.59 Å². The molecule has 2 aromatic rings. The van der Waals surface area contributed by atoms with Crippen LogP contribution >= 0.6 is 15.9 Å². The fourth-order valence-corrected chi connectivity index (χ4v) is 2.31. The van der Waals surface area contributed by atoms with Gasteiger partial charge in [-0.05, 0) is 25.1 Å². The molecule has 0 aliphatic heterocycles. The molecule has 1 aromatic heterocycles. The Hall–Kier alpha value is -2.22. The lowest BCUT2D eigenvalue weighted by Crippen LogP contribution is -2.29. The molecule has 0 spiro atoms. The van der Waals surface area contributed by atoms with E-state index in [0.29, 0.717) is 5.69 Å².